The fraction of sp³-hybridized carbons (Fsp3) is 0.379. The number of rotatable bonds is 4. The summed E-state index contributed by atoms with van der Waals surface area (Å²) in [6, 6.07) is 15.2. The van der Waals surface area contributed by atoms with E-state index in [0.717, 1.165) is 16.6 Å². The first-order valence-electron chi connectivity index (χ1n) is 11.7. The van der Waals surface area contributed by atoms with Gasteiger partial charge in [0.1, 0.15) is 0 Å². The van der Waals surface area contributed by atoms with Crippen molar-refractivity contribution in [1.82, 2.24) is 0 Å². The Hall–Kier alpha value is -2.56. The summed E-state index contributed by atoms with van der Waals surface area (Å²) in [4.78, 5) is 2.44. The van der Waals surface area contributed by atoms with E-state index in [1.165, 1.54) is 22.5 Å². The average Bonchev–Trinajstić information content (AvgIpc) is 2.78. The van der Waals surface area contributed by atoms with E-state index in [-0.39, 0.29) is 11.5 Å². The highest BCUT2D eigenvalue weighted by atomic mass is 16.5. The largest absolute Gasteiger partial charge is 0.427 e. The van der Waals surface area contributed by atoms with Crippen LogP contribution in [0, 0.1) is 0 Å². The lowest BCUT2D eigenvalue weighted by Crippen LogP contribution is -2.49. The van der Waals surface area contributed by atoms with Crippen LogP contribution in [-0.2, 0) is 10.1 Å². The molecule has 0 amide bonds. The Kier molecular flexibility index (Phi) is 5.75. The molecule has 2 bridgehead atoms. The number of benzene rings is 2. The van der Waals surface area contributed by atoms with Crippen molar-refractivity contribution in [1.29, 1.82) is 0 Å². The molecule has 0 fully saturated rings. The van der Waals surface area contributed by atoms with Crippen molar-refractivity contribution in [3.05, 3.63) is 84.0 Å². The van der Waals surface area contributed by atoms with Crippen LogP contribution in [-0.4, -0.2) is 29.8 Å². The van der Waals surface area contributed by atoms with Crippen LogP contribution in [0.15, 0.2) is 72.8 Å². The third-order valence-electron chi connectivity index (χ3n) is 7.56. The highest BCUT2D eigenvalue weighted by Gasteiger charge is 2.41. The van der Waals surface area contributed by atoms with Crippen molar-refractivity contribution < 1.29 is 9.76 Å². The van der Waals surface area contributed by atoms with Gasteiger partial charge in [-0.3, -0.25) is 0 Å². The van der Waals surface area contributed by atoms with Crippen LogP contribution in [0.25, 0.3) is 5.57 Å². The summed E-state index contributed by atoms with van der Waals surface area (Å²) in [5, 5.41) is 10.5. The molecule has 0 aromatic heterocycles. The normalized spacial score (nSPS) is 22.2. The Morgan fingerprint density at radius 2 is 1.76 bits per heavy atom. The molecule has 0 aliphatic carbocycles. The fourth-order valence-electron chi connectivity index (χ4n) is 4.72. The zero-order valence-electron chi connectivity index (χ0n) is 20.9. The minimum Gasteiger partial charge on any atom is -0.427 e. The molecular formula is C29H35BNO2. The van der Waals surface area contributed by atoms with E-state index in [2.05, 4.69) is 92.9 Å². The quantitative estimate of drug-likeness (QED) is 0.608. The Morgan fingerprint density at radius 1 is 1.06 bits per heavy atom. The van der Waals surface area contributed by atoms with Crippen molar-refractivity contribution in [2.45, 2.75) is 71.1 Å². The molecule has 0 spiro atoms. The molecule has 2 aliphatic rings. The monoisotopic (exact) mass is 440 g/mol. The van der Waals surface area contributed by atoms with E-state index in [4.69, 9.17) is 4.65 Å². The number of nitrogens with zero attached hydrogens (tertiary/aromatic N) is 1. The molecular weight excluding hydrogens is 405 g/mol. The molecule has 2 aromatic carbocycles. The first kappa shape index (κ1) is 23.6. The second kappa shape index (κ2) is 8.04. The summed E-state index contributed by atoms with van der Waals surface area (Å²) in [6.45, 7) is 18.6. The lowest BCUT2D eigenvalue weighted by atomic mass is 9.68. The number of hydrogen-bond acceptors (Lipinski definition) is 3. The van der Waals surface area contributed by atoms with E-state index in [1.54, 1.807) is 21.3 Å². The molecule has 1 radical (unpaired) electrons. The van der Waals surface area contributed by atoms with Crippen molar-refractivity contribution in [2.75, 3.05) is 4.90 Å². The molecule has 171 valence electrons. The molecule has 0 saturated carbocycles. The maximum atomic E-state index is 10.5. The first-order valence-corrected chi connectivity index (χ1v) is 11.7. The average molecular weight is 440 g/mol. The third kappa shape index (κ3) is 4.00. The molecule has 1 unspecified atom stereocenters. The molecule has 2 aliphatic heterocycles. The van der Waals surface area contributed by atoms with Crippen molar-refractivity contribution in [2.24, 2.45) is 0 Å². The summed E-state index contributed by atoms with van der Waals surface area (Å²) < 4.78 is 6.06. The predicted octanol–water partition coefficient (Wildman–Crippen LogP) is 5.82. The van der Waals surface area contributed by atoms with Gasteiger partial charge in [0.05, 0.1) is 17.2 Å². The van der Waals surface area contributed by atoms with Gasteiger partial charge in [0.2, 0.25) is 0 Å². The van der Waals surface area contributed by atoms with E-state index >= 15 is 0 Å². The lowest BCUT2D eigenvalue weighted by molar-refractivity contribution is -0.0893. The van der Waals surface area contributed by atoms with Crippen LogP contribution in [0.1, 0.15) is 59.6 Å². The predicted molar refractivity (Wildman–Crippen MR) is 141 cm³/mol. The maximum Gasteiger partial charge on any atom is 0.330 e. The van der Waals surface area contributed by atoms with E-state index in [0.29, 0.717) is 0 Å². The topological polar surface area (TPSA) is 32.7 Å². The molecule has 1 atom stereocenters. The van der Waals surface area contributed by atoms with Crippen molar-refractivity contribution in [3.8, 4) is 0 Å². The van der Waals surface area contributed by atoms with Gasteiger partial charge < -0.3 is 14.7 Å². The number of aliphatic hydroxyl groups is 1. The van der Waals surface area contributed by atoms with Gasteiger partial charge in [0.25, 0.3) is 0 Å². The van der Waals surface area contributed by atoms with Gasteiger partial charge in [-0.2, -0.15) is 0 Å². The van der Waals surface area contributed by atoms with Crippen molar-refractivity contribution >= 4 is 29.9 Å². The van der Waals surface area contributed by atoms with Crippen LogP contribution in [0.4, 0.5) is 11.4 Å². The van der Waals surface area contributed by atoms with Gasteiger partial charge in [0, 0.05) is 22.4 Å². The van der Waals surface area contributed by atoms with Gasteiger partial charge in [-0.05, 0) is 63.5 Å². The maximum absolute atomic E-state index is 10.5. The van der Waals surface area contributed by atoms with E-state index in [9.17, 15) is 5.11 Å². The highest BCUT2D eigenvalue weighted by Crippen LogP contribution is 2.50. The molecule has 2 aromatic rings. The number of fused-ring (bicyclic) bond motifs is 6. The number of para-hydroxylation sites is 1. The van der Waals surface area contributed by atoms with E-state index < -0.39 is 11.2 Å². The molecule has 33 heavy (non-hydrogen) atoms. The summed E-state index contributed by atoms with van der Waals surface area (Å²) in [6.07, 6.45) is 6.49. The number of anilines is 2. The third-order valence-corrected chi connectivity index (χ3v) is 7.56. The summed E-state index contributed by atoms with van der Waals surface area (Å²) in [5.74, 6) is 0. The van der Waals surface area contributed by atoms with Crippen LogP contribution in [0.2, 0.25) is 0 Å². The smallest absolute Gasteiger partial charge is 0.330 e. The molecule has 1 N–H and O–H groups in total. The van der Waals surface area contributed by atoms with Gasteiger partial charge in [-0.1, -0.05) is 74.4 Å². The summed E-state index contributed by atoms with van der Waals surface area (Å²) in [5.41, 5.74) is 6.26. The zero-order valence-corrected chi connectivity index (χ0v) is 20.9. The first-order chi connectivity index (χ1) is 15.3. The standard InChI is InChI=1S/C29H35BNO2/c1-19-12-11-14-23-20(2)31(25-15-10-9-13-22(19)25)26-17-16-21(18-24(26)27(23,3)4)30-33-29(7,8)28(5,6)32/h9-18,20,32H,1H2,2-8H3/b12-11-,23-14+. The fourth-order valence-corrected chi connectivity index (χ4v) is 4.72. The van der Waals surface area contributed by atoms with E-state index in [1.807, 2.05) is 13.8 Å². The van der Waals surface area contributed by atoms with Crippen LogP contribution in [0.3, 0.4) is 0 Å². The summed E-state index contributed by atoms with van der Waals surface area (Å²) in [7, 11) is 1.77. The van der Waals surface area contributed by atoms with Crippen LogP contribution >= 0.6 is 0 Å². The SMILES string of the molecule is C=C1/C=C\C=C2/C(C)N(c3ccccc31)c1ccc([B]OC(C)(C)C(C)(C)O)cc1C2(C)C. The molecule has 0 saturated heterocycles. The minimum atomic E-state index is -0.965. The minimum absolute atomic E-state index is 0.161. The second-order valence-electron chi connectivity index (χ2n) is 10.8. The number of allylic oxidation sites excluding steroid dienone is 4. The van der Waals surface area contributed by atoms with Gasteiger partial charge >= 0.3 is 7.48 Å². The van der Waals surface area contributed by atoms with Crippen LogP contribution < -0.4 is 10.4 Å². The van der Waals surface area contributed by atoms with Gasteiger partial charge in [-0.15, -0.1) is 0 Å². The van der Waals surface area contributed by atoms with Gasteiger partial charge in [0.15, 0.2) is 0 Å². The Bertz CT molecular complexity index is 1150. The molecule has 4 rings (SSSR count). The molecule has 3 nitrogen and oxygen atoms in total. The Labute approximate surface area is 199 Å². The molecule has 4 heteroatoms. The second-order valence-corrected chi connectivity index (χ2v) is 10.8. The van der Waals surface area contributed by atoms with Crippen molar-refractivity contribution in [3.63, 3.8) is 0 Å². The Morgan fingerprint density at radius 3 is 2.45 bits per heavy atom. The molecule has 2 heterocycles. The Balaban J connectivity index is 1.84. The summed E-state index contributed by atoms with van der Waals surface area (Å²) >= 11 is 0. The highest BCUT2D eigenvalue weighted by molar-refractivity contribution is 6.47. The zero-order chi connectivity index (χ0) is 24.2. The van der Waals surface area contributed by atoms with Crippen LogP contribution in [0.5, 0.6) is 0 Å². The van der Waals surface area contributed by atoms with Gasteiger partial charge in [-0.25, -0.2) is 0 Å². The lowest BCUT2D eigenvalue weighted by Gasteiger charge is -2.47. The number of hydrogen-bond donors (Lipinski definition) is 1.